The smallest absolute Gasteiger partial charge is 0.301 e. The quantitative estimate of drug-likeness (QED) is 0.0880. The molecule has 0 saturated carbocycles. The summed E-state index contributed by atoms with van der Waals surface area (Å²) in [4.78, 5) is 58.7. The van der Waals surface area contributed by atoms with E-state index in [4.69, 9.17) is 0 Å². The van der Waals surface area contributed by atoms with Crippen molar-refractivity contribution in [3.63, 3.8) is 0 Å². The van der Waals surface area contributed by atoms with Gasteiger partial charge in [-0.1, -0.05) is 18.2 Å². The zero-order valence-corrected chi connectivity index (χ0v) is 53.7. The molecule has 504 valence electrons. The monoisotopic (exact) mass is 1340 g/mol. The molecule has 0 aliphatic carbocycles. The average molecular weight is 1340 g/mol. The first-order valence-electron chi connectivity index (χ1n) is 32.9. The maximum absolute atomic E-state index is 12.9. The van der Waals surface area contributed by atoms with Crippen LogP contribution in [-0.2, 0) is 32.0 Å². The highest BCUT2D eigenvalue weighted by Gasteiger charge is 2.33. The van der Waals surface area contributed by atoms with Gasteiger partial charge >= 0.3 is 12.4 Å². The molecule has 12 heterocycles. The molecule has 20 nitrogen and oxygen atoms in total. The van der Waals surface area contributed by atoms with Gasteiger partial charge < -0.3 is 14.7 Å². The first-order chi connectivity index (χ1) is 48.0. The number of hydrogen-bond donors (Lipinski definition) is 0. The Balaban J connectivity index is 0.000000127. The molecule has 16 rings (SSSR count). The van der Waals surface area contributed by atoms with Gasteiger partial charge in [0.2, 0.25) is 0 Å². The van der Waals surface area contributed by atoms with Crippen molar-refractivity contribution in [2.75, 3.05) is 58.9 Å². The molecule has 0 spiro atoms. The number of rotatable bonds is 15. The van der Waals surface area contributed by atoms with Gasteiger partial charge in [0.25, 0.3) is 16.7 Å². The number of benzene rings is 4. The van der Waals surface area contributed by atoms with Crippen LogP contribution in [0.15, 0.2) is 203 Å². The van der Waals surface area contributed by atoms with Crippen LogP contribution >= 0.6 is 0 Å². The lowest BCUT2D eigenvalue weighted by molar-refractivity contribution is -0.141. The van der Waals surface area contributed by atoms with E-state index >= 15 is 0 Å². The molecule has 9 aromatic heterocycles. The van der Waals surface area contributed by atoms with Gasteiger partial charge in [-0.15, -0.1) is 10.2 Å². The zero-order chi connectivity index (χ0) is 68.2. The highest BCUT2D eigenvalue weighted by Crippen LogP contribution is 2.31. The van der Waals surface area contributed by atoms with E-state index in [1.54, 1.807) is 59.9 Å². The number of aromatic nitrogens is 14. The van der Waals surface area contributed by atoms with Crippen LogP contribution in [-0.4, -0.2) is 142 Å². The maximum Gasteiger partial charge on any atom is 0.435 e. The minimum Gasteiger partial charge on any atom is -0.301 e. The van der Waals surface area contributed by atoms with Crippen molar-refractivity contribution < 1.29 is 26.3 Å². The van der Waals surface area contributed by atoms with E-state index in [0.29, 0.717) is 39.6 Å². The largest absolute Gasteiger partial charge is 0.435 e. The predicted molar refractivity (Wildman–Crippen MR) is 366 cm³/mol. The van der Waals surface area contributed by atoms with Gasteiger partial charge in [-0.05, 0) is 181 Å². The molecule has 13 aromatic rings. The highest BCUT2D eigenvalue weighted by atomic mass is 19.4. The third-order valence-corrected chi connectivity index (χ3v) is 18.3. The van der Waals surface area contributed by atoms with Crippen LogP contribution in [0.2, 0.25) is 0 Å². The molecule has 0 atom stereocenters. The fourth-order valence-corrected chi connectivity index (χ4v) is 13.0. The summed E-state index contributed by atoms with van der Waals surface area (Å²) < 4.78 is 87.0. The van der Waals surface area contributed by atoms with Gasteiger partial charge in [0.15, 0.2) is 11.5 Å². The molecule has 3 aliphatic heterocycles. The van der Waals surface area contributed by atoms with E-state index in [9.17, 15) is 40.7 Å². The minimum absolute atomic E-state index is 0.120. The molecular weight excluding hydrogens is 1280 g/mol. The summed E-state index contributed by atoms with van der Waals surface area (Å²) in [6.07, 6.45) is 11.6. The second-order valence-corrected chi connectivity index (χ2v) is 24.8. The molecule has 0 amide bonds. The summed E-state index contributed by atoms with van der Waals surface area (Å²) in [6, 6.07) is 39.1. The lowest BCUT2D eigenvalue weighted by Crippen LogP contribution is -2.24. The molecule has 26 heteroatoms. The number of alkyl halides is 6. The Kier molecular flexibility index (Phi) is 18.7. The minimum atomic E-state index is -4.56. The molecule has 0 bridgehead atoms. The van der Waals surface area contributed by atoms with Crippen LogP contribution in [0.4, 0.5) is 26.3 Å². The van der Waals surface area contributed by atoms with Crippen LogP contribution in [0, 0.1) is 0 Å². The van der Waals surface area contributed by atoms with Crippen LogP contribution in [0.25, 0.3) is 94.6 Å². The predicted octanol–water partition coefficient (Wildman–Crippen LogP) is 12.0. The summed E-state index contributed by atoms with van der Waals surface area (Å²) in [7, 11) is 0. The van der Waals surface area contributed by atoms with E-state index in [2.05, 4.69) is 65.9 Å². The summed E-state index contributed by atoms with van der Waals surface area (Å²) in [5, 5.41) is 24.3. The standard InChI is InChI=1S/C26H24N6O.C24H22F3N5O.C23H21F3N6O/c33-25-16-19(26-27-17-20-5-1-2-6-23(20)29-26)9-12-31(25)22-7-8-24-21(15-22)18-28-32(24)14-13-30-10-3-4-11-30;25-24(26,27)19-3-5-21(28-16-19)17-7-10-31(23(33)14-17)20-4-6-22-18(13-20)15-29-32(22)12-11-30-8-1-2-9-30;24-23(25,26)21-6-4-19(28-29-21)16-7-10-31(22(33)14-16)18-3-5-20-17(13-18)15-27-32(20)12-11-30-8-1-2-9-30/h1-2,5-9,12,15-18H,3-4,10-11,13-14H2;3-7,10,13-16H,1-2,8-9,11-12H2;3-7,10,13-15H,1-2,8-9,11-12H2. The molecule has 0 unspecified atom stereocenters. The Morgan fingerprint density at radius 1 is 0.374 bits per heavy atom. The Hall–Kier alpha value is -10.8. The van der Waals surface area contributed by atoms with Crippen molar-refractivity contribution >= 4 is 43.6 Å². The van der Waals surface area contributed by atoms with Gasteiger partial charge in [-0.2, -0.15) is 41.6 Å². The second-order valence-electron chi connectivity index (χ2n) is 24.8. The van der Waals surface area contributed by atoms with E-state index in [-0.39, 0.29) is 22.4 Å². The number of pyridine rings is 4. The number of likely N-dealkylation sites (tertiary alicyclic amines) is 3. The van der Waals surface area contributed by atoms with Crippen molar-refractivity contribution in [2.24, 2.45) is 0 Å². The highest BCUT2D eigenvalue weighted by molar-refractivity contribution is 5.83. The fraction of sp³-hybridized carbons (Fsp3) is 0.274. The SMILES string of the molecule is O=c1cc(-c2ccc(C(F)(F)F)cn2)ccn1-c1ccc2c(cnn2CCN2CCCC2)c1.O=c1cc(-c2ccc(C(F)(F)F)nn2)ccn1-c1ccc2c(cnn2CCN2CCCC2)c1.O=c1cc(-c2ncc3ccccc3n2)ccn1-c1ccc2c(cnn2CCN2CCCC2)c1. The average Bonchev–Trinajstić information content (AvgIpc) is 1.78. The van der Waals surface area contributed by atoms with E-state index in [1.165, 1.54) is 85.0 Å². The van der Waals surface area contributed by atoms with Gasteiger partial charge in [0, 0.05) is 124 Å². The molecule has 0 radical (unpaired) electrons. The molecule has 3 aliphatic rings. The summed E-state index contributed by atoms with van der Waals surface area (Å²) in [6.45, 7) is 12.4. The van der Waals surface area contributed by atoms with E-state index < -0.39 is 23.6 Å². The van der Waals surface area contributed by atoms with Gasteiger partial charge in [-0.25, -0.2) is 9.97 Å². The Morgan fingerprint density at radius 2 is 0.808 bits per heavy atom. The van der Waals surface area contributed by atoms with E-state index in [1.807, 2.05) is 94.4 Å². The van der Waals surface area contributed by atoms with Gasteiger partial charge in [-0.3, -0.25) is 47.1 Å². The number of halogens is 6. The molecule has 3 saturated heterocycles. The van der Waals surface area contributed by atoms with Crippen molar-refractivity contribution in [3.8, 4) is 51.0 Å². The first kappa shape index (κ1) is 65.5. The van der Waals surface area contributed by atoms with Crippen molar-refractivity contribution in [2.45, 2.75) is 70.5 Å². The third kappa shape index (κ3) is 14.9. The zero-order valence-electron chi connectivity index (χ0n) is 53.7. The Morgan fingerprint density at radius 3 is 1.22 bits per heavy atom. The number of hydrogen-bond acceptors (Lipinski definition) is 14. The van der Waals surface area contributed by atoms with E-state index in [0.717, 1.165) is 133 Å². The van der Waals surface area contributed by atoms with Crippen LogP contribution in [0.3, 0.4) is 0 Å². The Labute approximate surface area is 562 Å². The number of para-hydroxylation sites is 1. The lowest BCUT2D eigenvalue weighted by Gasteiger charge is -2.14. The third-order valence-electron chi connectivity index (χ3n) is 18.3. The van der Waals surface area contributed by atoms with Crippen molar-refractivity contribution in [1.82, 2.24) is 82.9 Å². The van der Waals surface area contributed by atoms with Crippen molar-refractivity contribution in [1.29, 1.82) is 0 Å². The topological polar surface area (TPSA) is 194 Å². The lowest BCUT2D eigenvalue weighted by atomic mass is 10.1. The van der Waals surface area contributed by atoms with Gasteiger partial charge in [0.05, 0.1) is 77.2 Å². The van der Waals surface area contributed by atoms with Crippen LogP contribution < -0.4 is 16.7 Å². The molecule has 4 aromatic carbocycles. The van der Waals surface area contributed by atoms with Crippen LogP contribution in [0.1, 0.15) is 49.8 Å². The summed E-state index contributed by atoms with van der Waals surface area (Å²) in [5.41, 5.74) is 5.58. The van der Waals surface area contributed by atoms with Gasteiger partial charge in [0.1, 0.15) is 0 Å². The maximum atomic E-state index is 12.9. The van der Waals surface area contributed by atoms with Crippen molar-refractivity contribution in [3.05, 3.63) is 231 Å². The molecule has 3 fully saturated rings. The molecular formula is C73H67F6N17O3. The Bertz CT molecular complexity index is 5010. The fourth-order valence-electron chi connectivity index (χ4n) is 13.0. The molecule has 99 heavy (non-hydrogen) atoms. The number of fused-ring (bicyclic) bond motifs is 4. The first-order valence-corrected chi connectivity index (χ1v) is 32.9. The second kappa shape index (κ2) is 28.3. The summed E-state index contributed by atoms with van der Waals surface area (Å²) >= 11 is 0. The molecule has 0 N–H and O–H groups in total. The number of nitrogens with zero attached hydrogens (tertiary/aromatic N) is 17. The van der Waals surface area contributed by atoms with Crippen LogP contribution in [0.5, 0.6) is 0 Å². The summed E-state index contributed by atoms with van der Waals surface area (Å²) in [5.74, 6) is 0.549. The normalized spacial score (nSPS) is 14.7.